The highest BCUT2D eigenvalue weighted by molar-refractivity contribution is 5.94. The molecule has 5 nitrogen and oxygen atoms in total. The average molecular weight is 311 g/mol. The van der Waals surface area contributed by atoms with Crippen LogP contribution in [0.1, 0.15) is 12.8 Å². The van der Waals surface area contributed by atoms with Crippen LogP contribution in [0, 0.1) is 5.41 Å². The summed E-state index contributed by atoms with van der Waals surface area (Å²) in [7, 11) is 1.76. The normalized spacial score (nSPS) is 15.0. The maximum absolute atomic E-state index is 12.4. The second-order valence-corrected chi connectivity index (χ2v) is 6.23. The number of para-hydroxylation sites is 1. The van der Waals surface area contributed by atoms with Crippen molar-refractivity contribution in [2.75, 3.05) is 25.5 Å². The number of aliphatic hydroxyl groups excluding tert-OH is 1. The molecule has 0 atom stereocenters. The van der Waals surface area contributed by atoms with Gasteiger partial charge in [0.2, 0.25) is 0 Å². The summed E-state index contributed by atoms with van der Waals surface area (Å²) >= 11 is 0. The maximum atomic E-state index is 12.4. The highest BCUT2D eigenvalue weighted by atomic mass is 16.3. The monoisotopic (exact) mass is 311 g/mol. The van der Waals surface area contributed by atoms with E-state index in [-0.39, 0.29) is 18.1 Å². The Labute approximate surface area is 136 Å². The van der Waals surface area contributed by atoms with Crippen LogP contribution in [0.5, 0.6) is 0 Å². The molecule has 0 bridgehead atoms. The van der Waals surface area contributed by atoms with E-state index >= 15 is 0 Å². The van der Waals surface area contributed by atoms with Gasteiger partial charge in [-0.3, -0.25) is 4.98 Å². The number of anilines is 1. The Kier molecular flexibility index (Phi) is 4.30. The average Bonchev–Trinajstić information content (AvgIpc) is 3.36. The lowest BCUT2D eigenvalue weighted by Crippen LogP contribution is -2.37. The minimum Gasteiger partial charge on any atom is -0.396 e. The third-order valence-corrected chi connectivity index (χ3v) is 4.37. The van der Waals surface area contributed by atoms with Crippen LogP contribution in [0.4, 0.5) is 10.5 Å². The zero-order valence-corrected chi connectivity index (χ0v) is 13.2. The predicted molar refractivity (Wildman–Crippen MR) is 90.1 cm³/mol. The molecule has 0 aliphatic heterocycles. The third kappa shape index (κ3) is 3.51. The first-order valence-corrected chi connectivity index (χ1v) is 7.76. The largest absolute Gasteiger partial charge is 0.396 e. The Morgan fingerprint density at radius 3 is 2.61 bits per heavy atom. The number of rotatable bonds is 5. The van der Waals surface area contributed by atoms with E-state index in [0.29, 0.717) is 6.54 Å². The number of nitrogens with zero attached hydrogens (tertiary/aromatic N) is 2. The van der Waals surface area contributed by atoms with Crippen LogP contribution in [-0.4, -0.2) is 41.2 Å². The SMILES string of the molecule is CN(CC1(CO)CC1)C(=O)Nc1ccccc1-c1ccncc1. The fourth-order valence-electron chi connectivity index (χ4n) is 2.70. The van der Waals surface area contributed by atoms with Gasteiger partial charge in [-0.2, -0.15) is 0 Å². The summed E-state index contributed by atoms with van der Waals surface area (Å²) in [4.78, 5) is 18.1. The maximum Gasteiger partial charge on any atom is 0.321 e. The lowest BCUT2D eigenvalue weighted by molar-refractivity contribution is 0.168. The van der Waals surface area contributed by atoms with Crippen LogP contribution < -0.4 is 5.32 Å². The Balaban J connectivity index is 1.74. The van der Waals surface area contributed by atoms with Gasteiger partial charge in [0.15, 0.2) is 0 Å². The van der Waals surface area contributed by atoms with E-state index in [9.17, 15) is 9.90 Å². The number of hydrogen-bond acceptors (Lipinski definition) is 3. The first-order valence-electron chi connectivity index (χ1n) is 7.76. The van der Waals surface area contributed by atoms with Crippen molar-refractivity contribution in [3.05, 3.63) is 48.8 Å². The van der Waals surface area contributed by atoms with E-state index in [4.69, 9.17) is 0 Å². The molecule has 2 N–H and O–H groups in total. The van der Waals surface area contributed by atoms with E-state index in [1.165, 1.54) is 0 Å². The molecule has 1 heterocycles. The van der Waals surface area contributed by atoms with Gasteiger partial charge in [-0.05, 0) is 36.6 Å². The lowest BCUT2D eigenvalue weighted by atomic mass is 10.1. The minimum atomic E-state index is -0.161. The van der Waals surface area contributed by atoms with E-state index in [2.05, 4.69) is 10.3 Å². The van der Waals surface area contributed by atoms with Crippen LogP contribution in [0.25, 0.3) is 11.1 Å². The smallest absolute Gasteiger partial charge is 0.321 e. The number of hydrogen-bond donors (Lipinski definition) is 2. The number of urea groups is 1. The number of aliphatic hydroxyl groups is 1. The molecule has 0 unspecified atom stereocenters. The topological polar surface area (TPSA) is 65.5 Å². The van der Waals surface area contributed by atoms with Gasteiger partial charge >= 0.3 is 6.03 Å². The minimum absolute atomic E-state index is 0.0866. The van der Waals surface area contributed by atoms with Gasteiger partial charge in [0.25, 0.3) is 0 Å². The Morgan fingerprint density at radius 2 is 1.96 bits per heavy atom. The highest BCUT2D eigenvalue weighted by Gasteiger charge is 2.43. The Hall–Kier alpha value is -2.40. The van der Waals surface area contributed by atoms with Crippen molar-refractivity contribution in [2.24, 2.45) is 5.41 Å². The zero-order chi connectivity index (χ0) is 16.3. The van der Waals surface area contributed by atoms with Crippen molar-refractivity contribution in [1.82, 2.24) is 9.88 Å². The number of benzene rings is 1. The molecule has 2 aromatic rings. The first kappa shape index (κ1) is 15.5. The predicted octanol–water partition coefficient (Wildman–Crippen LogP) is 2.98. The summed E-state index contributed by atoms with van der Waals surface area (Å²) in [5.41, 5.74) is 2.65. The summed E-state index contributed by atoms with van der Waals surface area (Å²) in [6.07, 6.45) is 5.43. The van der Waals surface area contributed by atoms with Crippen LogP contribution >= 0.6 is 0 Å². The molecule has 1 aliphatic carbocycles. The van der Waals surface area contributed by atoms with Crippen LogP contribution in [-0.2, 0) is 0 Å². The second kappa shape index (κ2) is 6.38. The molecule has 120 valence electrons. The summed E-state index contributed by atoms with van der Waals surface area (Å²) < 4.78 is 0. The van der Waals surface area contributed by atoms with Crippen LogP contribution in [0.3, 0.4) is 0 Å². The summed E-state index contributed by atoms with van der Waals surface area (Å²) in [6, 6.07) is 11.4. The standard InChI is InChI=1S/C18H21N3O2/c1-21(12-18(13-22)8-9-18)17(23)20-16-5-3-2-4-15(16)14-6-10-19-11-7-14/h2-7,10-11,22H,8-9,12-13H2,1H3,(H,20,23). The second-order valence-electron chi connectivity index (χ2n) is 6.23. The van der Waals surface area contributed by atoms with E-state index in [1.54, 1.807) is 24.3 Å². The number of nitrogens with one attached hydrogen (secondary N) is 1. The number of carbonyl (C=O) groups is 1. The van der Waals surface area contributed by atoms with Crippen molar-refractivity contribution in [2.45, 2.75) is 12.8 Å². The Bertz CT molecular complexity index is 684. The molecule has 1 saturated carbocycles. The van der Waals surface area contributed by atoms with Crippen molar-refractivity contribution in [3.63, 3.8) is 0 Å². The van der Waals surface area contributed by atoms with Gasteiger partial charge in [0.1, 0.15) is 0 Å². The number of carbonyl (C=O) groups excluding carboxylic acids is 1. The highest BCUT2D eigenvalue weighted by Crippen LogP contribution is 2.45. The summed E-state index contributed by atoms with van der Waals surface area (Å²) in [5.74, 6) is 0. The molecule has 1 aromatic heterocycles. The van der Waals surface area contributed by atoms with Gasteiger partial charge in [0.05, 0.1) is 12.3 Å². The van der Waals surface area contributed by atoms with Crippen molar-refractivity contribution in [1.29, 1.82) is 0 Å². The number of amides is 2. The molecule has 1 fully saturated rings. The van der Waals surface area contributed by atoms with Gasteiger partial charge in [-0.1, -0.05) is 18.2 Å². The molecule has 2 amide bonds. The molecule has 3 rings (SSSR count). The van der Waals surface area contributed by atoms with Gasteiger partial charge in [-0.15, -0.1) is 0 Å². The molecule has 23 heavy (non-hydrogen) atoms. The molecule has 0 radical (unpaired) electrons. The van der Waals surface area contributed by atoms with Crippen molar-refractivity contribution < 1.29 is 9.90 Å². The van der Waals surface area contributed by atoms with Crippen molar-refractivity contribution in [3.8, 4) is 11.1 Å². The van der Waals surface area contributed by atoms with Gasteiger partial charge < -0.3 is 15.3 Å². The molecule has 1 aliphatic rings. The number of aromatic nitrogens is 1. The molecule has 5 heteroatoms. The Morgan fingerprint density at radius 1 is 1.26 bits per heavy atom. The third-order valence-electron chi connectivity index (χ3n) is 4.37. The van der Waals surface area contributed by atoms with Gasteiger partial charge in [-0.25, -0.2) is 4.79 Å². The van der Waals surface area contributed by atoms with Crippen LogP contribution in [0.15, 0.2) is 48.8 Å². The zero-order valence-electron chi connectivity index (χ0n) is 13.2. The molecule has 0 saturated heterocycles. The van der Waals surface area contributed by atoms with E-state index < -0.39 is 0 Å². The van der Waals surface area contributed by atoms with E-state index in [0.717, 1.165) is 29.7 Å². The summed E-state index contributed by atoms with van der Waals surface area (Å²) in [5, 5.41) is 12.4. The van der Waals surface area contributed by atoms with E-state index in [1.807, 2.05) is 36.4 Å². The first-order chi connectivity index (χ1) is 11.1. The fourth-order valence-corrected chi connectivity index (χ4v) is 2.70. The quantitative estimate of drug-likeness (QED) is 0.892. The molecular weight excluding hydrogens is 290 g/mol. The van der Waals surface area contributed by atoms with Crippen molar-refractivity contribution >= 4 is 11.7 Å². The van der Waals surface area contributed by atoms with Gasteiger partial charge in [0, 0.05) is 37.0 Å². The fraction of sp³-hybridized carbons (Fsp3) is 0.333. The number of pyridine rings is 1. The summed E-state index contributed by atoms with van der Waals surface area (Å²) in [6.45, 7) is 0.713. The lowest BCUT2D eigenvalue weighted by Gasteiger charge is -2.23. The van der Waals surface area contributed by atoms with Crippen LogP contribution in [0.2, 0.25) is 0 Å². The molecule has 0 spiro atoms. The molecular formula is C18H21N3O2. The molecule has 1 aromatic carbocycles.